The molecule has 0 bridgehead atoms. The molecule has 1 aliphatic rings. The van der Waals surface area contributed by atoms with Crippen molar-refractivity contribution in [2.24, 2.45) is 5.92 Å². The van der Waals surface area contributed by atoms with Gasteiger partial charge in [0, 0.05) is 24.5 Å². The molecular weight excluding hydrogens is 304 g/mol. The molecule has 0 aromatic carbocycles. The number of hydrogen-bond acceptors (Lipinski definition) is 4. The fraction of sp³-hybridized carbons (Fsp3) is 0.588. The number of nitrogens with one attached hydrogen (secondary N) is 2. The molecule has 3 unspecified atom stereocenters. The second-order valence-corrected chi connectivity index (χ2v) is 6.68. The van der Waals surface area contributed by atoms with Crippen molar-refractivity contribution in [3.63, 3.8) is 0 Å². The zero-order valence-electron chi connectivity index (χ0n) is 14.5. The van der Waals surface area contributed by atoms with Crippen molar-refractivity contribution in [3.8, 4) is 0 Å². The molecule has 3 atom stereocenters. The third-order valence-corrected chi connectivity index (χ3v) is 4.88. The summed E-state index contributed by atoms with van der Waals surface area (Å²) in [5.41, 5.74) is 0. The first-order valence-corrected chi connectivity index (χ1v) is 8.62. The highest BCUT2D eigenvalue weighted by atomic mass is 16.2. The molecular formula is C17H26N6O. The molecule has 24 heavy (non-hydrogen) atoms. The molecule has 1 amide bonds. The van der Waals surface area contributed by atoms with E-state index in [1.165, 1.54) is 12.8 Å². The lowest BCUT2D eigenvalue weighted by Gasteiger charge is -2.21. The van der Waals surface area contributed by atoms with E-state index in [-0.39, 0.29) is 24.5 Å². The van der Waals surface area contributed by atoms with Crippen LogP contribution >= 0.6 is 0 Å². The predicted octanol–water partition coefficient (Wildman–Crippen LogP) is 2.23. The molecule has 2 aromatic heterocycles. The fourth-order valence-electron chi connectivity index (χ4n) is 2.88. The Hall–Kier alpha value is -2.15. The first-order valence-electron chi connectivity index (χ1n) is 8.62. The maximum Gasteiger partial charge on any atom is 0.239 e. The van der Waals surface area contributed by atoms with E-state index >= 15 is 0 Å². The molecule has 1 saturated carbocycles. The van der Waals surface area contributed by atoms with Crippen LogP contribution in [0.5, 0.6) is 0 Å². The smallest absolute Gasteiger partial charge is 0.239 e. The summed E-state index contributed by atoms with van der Waals surface area (Å²) in [4.78, 5) is 12.2. The van der Waals surface area contributed by atoms with E-state index in [9.17, 15) is 4.79 Å². The number of carbonyl (C=O) groups is 1. The Kier molecular flexibility index (Phi) is 4.99. The van der Waals surface area contributed by atoms with E-state index in [1.54, 1.807) is 12.4 Å². The van der Waals surface area contributed by atoms with Crippen molar-refractivity contribution < 1.29 is 4.79 Å². The van der Waals surface area contributed by atoms with Gasteiger partial charge < -0.3 is 10.6 Å². The standard InChI is InChI=1S/C17H26N6O/c1-12(13(2)22-10-4-8-19-22)18-11-17(24)21-16-7-9-20-23(16)14(3)15-5-6-15/h4,7-10,12-15,18H,5-6,11H2,1-3H3,(H,21,24). The molecule has 2 N–H and O–H groups in total. The van der Waals surface area contributed by atoms with Crippen molar-refractivity contribution in [1.29, 1.82) is 0 Å². The van der Waals surface area contributed by atoms with E-state index in [0.29, 0.717) is 12.0 Å². The van der Waals surface area contributed by atoms with Crippen LogP contribution in [0.1, 0.15) is 45.7 Å². The van der Waals surface area contributed by atoms with Crippen LogP contribution in [0.25, 0.3) is 0 Å². The van der Waals surface area contributed by atoms with Crippen molar-refractivity contribution in [2.75, 3.05) is 11.9 Å². The van der Waals surface area contributed by atoms with Gasteiger partial charge in [-0.15, -0.1) is 0 Å². The van der Waals surface area contributed by atoms with Crippen LogP contribution in [-0.2, 0) is 4.79 Å². The molecule has 7 nitrogen and oxygen atoms in total. The molecule has 0 aliphatic heterocycles. The molecule has 2 heterocycles. The highest BCUT2D eigenvalue weighted by Crippen LogP contribution is 2.40. The minimum atomic E-state index is -0.0562. The molecule has 1 fully saturated rings. The van der Waals surface area contributed by atoms with Crippen LogP contribution in [0, 0.1) is 5.92 Å². The lowest BCUT2D eigenvalue weighted by molar-refractivity contribution is -0.115. The Balaban J connectivity index is 1.50. The monoisotopic (exact) mass is 330 g/mol. The van der Waals surface area contributed by atoms with Crippen molar-refractivity contribution in [2.45, 2.75) is 51.7 Å². The Labute approximate surface area is 142 Å². The van der Waals surface area contributed by atoms with E-state index < -0.39 is 0 Å². The van der Waals surface area contributed by atoms with Gasteiger partial charge in [0.05, 0.1) is 24.8 Å². The predicted molar refractivity (Wildman–Crippen MR) is 92.7 cm³/mol. The lowest BCUT2D eigenvalue weighted by atomic mass is 10.2. The van der Waals surface area contributed by atoms with Gasteiger partial charge in [-0.05, 0) is 45.6 Å². The second-order valence-electron chi connectivity index (χ2n) is 6.68. The van der Waals surface area contributed by atoms with Gasteiger partial charge in [-0.2, -0.15) is 10.2 Å². The average molecular weight is 330 g/mol. The van der Waals surface area contributed by atoms with Crippen molar-refractivity contribution in [3.05, 3.63) is 30.7 Å². The van der Waals surface area contributed by atoms with Crippen LogP contribution in [-0.4, -0.2) is 38.1 Å². The van der Waals surface area contributed by atoms with Gasteiger partial charge in [0.25, 0.3) is 0 Å². The molecule has 7 heteroatoms. The van der Waals surface area contributed by atoms with E-state index in [1.807, 2.05) is 27.7 Å². The van der Waals surface area contributed by atoms with Gasteiger partial charge in [0.2, 0.25) is 5.91 Å². The molecule has 3 rings (SSSR count). The third-order valence-electron chi connectivity index (χ3n) is 4.88. The minimum Gasteiger partial charge on any atom is -0.310 e. The molecule has 0 spiro atoms. The normalized spacial score (nSPS) is 18.1. The van der Waals surface area contributed by atoms with Crippen LogP contribution < -0.4 is 10.6 Å². The molecule has 2 aromatic rings. The van der Waals surface area contributed by atoms with Gasteiger partial charge >= 0.3 is 0 Å². The van der Waals surface area contributed by atoms with Gasteiger partial charge in [-0.25, -0.2) is 4.68 Å². The number of carbonyl (C=O) groups excluding carboxylic acids is 1. The summed E-state index contributed by atoms with van der Waals surface area (Å²) in [6, 6.07) is 4.39. The van der Waals surface area contributed by atoms with Gasteiger partial charge in [0.15, 0.2) is 0 Å². The summed E-state index contributed by atoms with van der Waals surface area (Å²) in [5.74, 6) is 1.40. The number of amides is 1. The fourth-order valence-corrected chi connectivity index (χ4v) is 2.88. The van der Waals surface area contributed by atoms with Crippen molar-refractivity contribution >= 4 is 11.7 Å². The minimum absolute atomic E-state index is 0.0562. The SMILES string of the molecule is CC(NCC(=O)Nc1ccnn1C(C)C1CC1)C(C)n1cccn1. The summed E-state index contributed by atoms with van der Waals surface area (Å²) in [7, 11) is 0. The molecule has 0 saturated heterocycles. The third kappa shape index (κ3) is 3.84. The molecule has 1 aliphatic carbocycles. The van der Waals surface area contributed by atoms with E-state index in [4.69, 9.17) is 0 Å². The summed E-state index contributed by atoms with van der Waals surface area (Å²) >= 11 is 0. The first-order chi connectivity index (χ1) is 11.6. The van der Waals surface area contributed by atoms with E-state index in [2.05, 4.69) is 41.6 Å². The van der Waals surface area contributed by atoms with Crippen LogP contribution in [0.3, 0.4) is 0 Å². The number of hydrogen-bond donors (Lipinski definition) is 2. The summed E-state index contributed by atoms with van der Waals surface area (Å²) < 4.78 is 3.81. The van der Waals surface area contributed by atoms with Crippen LogP contribution in [0.4, 0.5) is 5.82 Å². The topological polar surface area (TPSA) is 76.8 Å². The maximum absolute atomic E-state index is 12.2. The second kappa shape index (κ2) is 7.17. The Morgan fingerprint density at radius 3 is 2.75 bits per heavy atom. The van der Waals surface area contributed by atoms with Crippen LogP contribution in [0.2, 0.25) is 0 Å². The van der Waals surface area contributed by atoms with Gasteiger partial charge in [-0.3, -0.25) is 9.48 Å². The van der Waals surface area contributed by atoms with E-state index in [0.717, 1.165) is 5.82 Å². The van der Waals surface area contributed by atoms with Crippen LogP contribution in [0.15, 0.2) is 30.7 Å². The molecule has 0 radical (unpaired) electrons. The first kappa shape index (κ1) is 16.7. The highest BCUT2D eigenvalue weighted by Gasteiger charge is 2.30. The summed E-state index contributed by atoms with van der Waals surface area (Å²) in [6.07, 6.45) is 7.93. The lowest BCUT2D eigenvalue weighted by Crippen LogP contribution is -2.39. The number of nitrogens with zero attached hydrogens (tertiary/aromatic N) is 4. The number of rotatable bonds is 8. The van der Waals surface area contributed by atoms with Crippen molar-refractivity contribution in [1.82, 2.24) is 24.9 Å². The summed E-state index contributed by atoms with van der Waals surface area (Å²) in [5, 5.41) is 14.8. The zero-order chi connectivity index (χ0) is 17.1. The quantitative estimate of drug-likeness (QED) is 0.778. The number of anilines is 1. The number of aromatic nitrogens is 4. The zero-order valence-corrected chi connectivity index (χ0v) is 14.5. The Bertz CT molecular complexity index is 660. The van der Waals surface area contributed by atoms with Gasteiger partial charge in [-0.1, -0.05) is 0 Å². The maximum atomic E-state index is 12.2. The summed E-state index contributed by atoms with van der Waals surface area (Å²) in [6.45, 7) is 6.55. The van der Waals surface area contributed by atoms with Gasteiger partial charge in [0.1, 0.15) is 5.82 Å². The largest absolute Gasteiger partial charge is 0.310 e. The average Bonchev–Trinajstić information content (AvgIpc) is 3.09. The highest BCUT2D eigenvalue weighted by molar-refractivity contribution is 5.91. The molecule has 130 valence electrons. The Morgan fingerprint density at radius 1 is 1.29 bits per heavy atom. The Morgan fingerprint density at radius 2 is 2.08 bits per heavy atom.